The predicted molar refractivity (Wildman–Crippen MR) is 100 cm³/mol. The van der Waals surface area contributed by atoms with Gasteiger partial charge in [-0.2, -0.15) is 0 Å². The van der Waals surface area contributed by atoms with Gasteiger partial charge in [-0.1, -0.05) is 50.2 Å². The van der Waals surface area contributed by atoms with Crippen molar-refractivity contribution in [3.05, 3.63) is 71.8 Å². The minimum atomic E-state index is -0.412. The van der Waals surface area contributed by atoms with Crippen LogP contribution in [0.25, 0.3) is 10.8 Å². The Morgan fingerprint density at radius 3 is 2.36 bits per heavy atom. The number of hydrogen-bond acceptors (Lipinski definition) is 3. The van der Waals surface area contributed by atoms with Gasteiger partial charge in [-0.05, 0) is 59.0 Å². The first-order valence-electron chi connectivity index (χ1n) is 8.46. The molecular formula is C22H22O3. The molecule has 25 heavy (non-hydrogen) atoms. The summed E-state index contributed by atoms with van der Waals surface area (Å²) in [5.41, 5.74) is 2.38. The van der Waals surface area contributed by atoms with Gasteiger partial charge in [0.15, 0.2) is 6.61 Å². The number of carbonyl (C=O) groups is 1. The van der Waals surface area contributed by atoms with E-state index in [0.717, 1.165) is 16.3 Å². The number of rotatable bonds is 5. The largest absolute Gasteiger partial charge is 0.482 e. The zero-order valence-electron chi connectivity index (χ0n) is 14.8. The van der Waals surface area contributed by atoms with E-state index in [1.807, 2.05) is 67.6 Å². The highest BCUT2D eigenvalue weighted by Gasteiger charge is 2.09. The molecular weight excluding hydrogens is 312 g/mol. The molecule has 0 saturated heterocycles. The molecule has 0 N–H and O–H groups in total. The summed E-state index contributed by atoms with van der Waals surface area (Å²) < 4.78 is 10.9. The van der Waals surface area contributed by atoms with Crippen LogP contribution in [-0.2, 0) is 4.79 Å². The third-order valence-electron chi connectivity index (χ3n) is 4.17. The Labute approximate surface area is 148 Å². The van der Waals surface area contributed by atoms with Crippen LogP contribution in [0.1, 0.15) is 30.9 Å². The third kappa shape index (κ3) is 4.18. The summed E-state index contributed by atoms with van der Waals surface area (Å²) in [6.45, 7) is 6.19. The van der Waals surface area contributed by atoms with E-state index in [2.05, 4.69) is 13.8 Å². The zero-order valence-corrected chi connectivity index (χ0v) is 14.8. The molecule has 0 atom stereocenters. The molecule has 0 aliphatic heterocycles. The van der Waals surface area contributed by atoms with Crippen molar-refractivity contribution in [2.75, 3.05) is 6.61 Å². The van der Waals surface area contributed by atoms with Gasteiger partial charge in [0.05, 0.1) is 0 Å². The third-order valence-corrected chi connectivity index (χ3v) is 4.17. The number of aryl methyl sites for hydroxylation is 1. The van der Waals surface area contributed by atoms with Crippen molar-refractivity contribution in [2.24, 2.45) is 0 Å². The van der Waals surface area contributed by atoms with Crippen molar-refractivity contribution in [2.45, 2.75) is 26.7 Å². The normalized spacial score (nSPS) is 10.9. The van der Waals surface area contributed by atoms with E-state index in [4.69, 9.17) is 9.47 Å². The van der Waals surface area contributed by atoms with Gasteiger partial charge in [0.1, 0.15) is 11.5 Å². The highest BCUT2D eigenvalue weighted by atomic mass is 16.6. The van der Waals surface area contributed by atoms with Gasteiger partial charge in [-0.25, -0.2) is 4.79 Å². The highest BCUT2D eigenvalue weighted by molar-refractivity contribution is 5.83. The van der Waals surface area contributed by atoms with Crippen LogP contribution in [0.2, 0.25) is 0 Å². The first kappa shape index (κ1) is 17.0. The lowest BCUT2D eigenvalue weighted by atomic mass is 9.98. The Morgan fingerprint density at radius 1 is 0.920 bits per heavy atom. The monoisotopic (exact) mass is 334 g/mol. The average Bonchev–Trinajstić information content (AvgIpc) is 2.59. The molecule has 0 aromatic heterocycles. The molecule has 0 fully saturated rings. The second-order valence-corrected chi connectivity index (χ2v) is 6.44. The maximum Gasteiger partial charge on any atom is 0.349 e. The van der Waals surface area contributed by atoms with E-state index in [1.165, 1.54) is 5.56 Å². The van der Waals surface area contributed by atoms with Crippen molar-refractivity contribution in [3.63, 3.8) is 0 Å². The molecule has 0 bridgehead atoms. The van der Waals surface area contributed by atoms with Crippen molar-refractivity contribution < 1.29 is 14.3 Å². The van der Waals surface area contributed by atoms with E-state index in [1.54, 1.807) is 0 Å². The predicted octanol–water partition coefficient (Wildman–Crippen LogP) is 5.26. The molecule has 3 aromatic rings. The minimum absolute atomic E-state index is 0.122. The Bertz CT molecular complexity index is 897. The summed E-state index contributed by atoms with van der Waals surface area (Å²) in [6, 6.07) is 19.5. The number of carbonyl (C=O) groups excluding carboxylic acids is 1. The number of fused-ring (bicyclic) bond motifs is 1. The Kier molecular flexibility index (Phi) is 5.03. The Balaban J connectivity index is 1.61. The summed E-state index contributed by atoms with van der Waals surface area (Å²) in [6.07, 6.45) is 0. The van der Waals surface area contributed by atoms with E-state index >= 15 is 0 Å². The second kappa shape index (κ2) is 7.39. The Hall–Kier alpha value is -2.81. The van der Waals surface area contributed by atoms with Gasteiger partial charge >= 0.3 is 5.97 Å². The van der Waals surface area contributed by atoms with E-state index in [9.17, 15) is 4.79 Å². The van der Waals surface area contributed by atoms with Crippen LogP contribution >= 0.6 is 0 Å². The number of esters is 1. The smallest absolute Gasteiger partial charge is 0.349 e. The van der Waals surface area contributed by atoms with Gasteiger partial charge < -0.3 is 9.47 Å². The lowest BCUT2D eigenvalue weighted by Crippen LogP contribution is -2.17. The number of benzene rings is 3. The molecule has 0 heterocycles. The summed E-state index contributed by atoms with van der Waals surface area (Å²) in [4.78, 5) is 12.0. The van der Waals surface area contributed by atoms with Crippen molar-refractivity contribution in [3.8, 4) is 11.5 Å². The molecule has 3 rings (SSSR count). The fourth-order valence-corrected chi connectivity index (χ4v) is 2.92. The summed E-state index contributed by atoms with van der Waals surface area (Å²) in [5, 5.41) is 2.21. The van der Waals surface area contributed by atoms with Crippen LogP contribution in [-0.4, -0.2) is 12.6 Å². The van der Waals surface area contributed by atoms with E-state index in [0.29, 0.717) is 17.4 Å². The molecule has 3 aromatic carbocycles. The highest BCUT2D eigenvalue weighted by Crippen LogP contribution is 2.24. The van der Waals surface area contributed by atoms with Crippen LogP contribution in [0.15, 0.2) is 60.7 Å². The lowest BCUT2D eigenvalue weighted by Gasteiger charge is -2.12. The molecule has 3 heteroatoms. The summed E-state index contributed by atoms with van der Waals surface area (Å²) in [7, 11) is 0. The fraction of sp³-hybridized carbons (Fsp3) is 0.227. The molecule has 128 valence electrons. The fourth-order valence-electron chi connectivity index (χ4n) is 2.92. The molecule has 0 radical (unpaired) electrons. The van der Waals surface area contributed by atoms with Crippen LogP contribution < -0.4 is 9.47 Å². The maximum atomic E-state index is 12.0. The topological polar surface area (TPSA) is 35.5 Å². The maximum absolute atomic E-state index is 12.0. The Morgan fingerprint density at radius 2 is 1.64 bits per heavy atom. The second-order valence-electron chi connectivity index (χ2n) is 6.44. The van der Waals surface area contributed by atoms with Gasteiger partial charge in [0.2, 0.25) is 0 Å². The molecule has 0 aliphatic rings. The molecule has 0 spiro atoms. The van der Waals surface area contributed by atoms with Gasteiger partial charge in [-0.3, -0.25) is 0 Å². The van der Waals surface area contributed by atoms with Crippen molar-refractivity contribution >= 4 is 16.7 Å². The SMILES string of the molecule is Cc1cc(OC(=O)COc2ccc3ccccc3c2)ccc1C(C)C. The molecule has 0 saturated carbocycles. The molecule has 0 unspecified atom stereocenters. The van der Waals surface area contributed by atoms with Crippen LogP contribution in [0.4, 0.5) is 0 Å². The standard InChI is InChI=1S/C22H22O3/c1-15(2)21-11-10-20(12-16(21)3)25-22(23)14-24-19-9-8-17-6-4-5-7-18(17)13-19/h4-13,15H,14H2,1-3H3. The molecule has 0 amide bonds. The number of ether oxygens (including phenoxy) is 2. The lowest BCUT2D eigenvalue weighted by molar-refractivity contribution is -0.136. The first-order valence-corrected chi connectivity index (χ1v) is 8.46. The van der Waals surface area contributed by atoms with Gasteiger partial charge in [0.25, 0.3) is 0 Å². The zero-order chi connectivity index (χ0) is 17.8. The molecule has 3 nitrogen and oxygen atoms in total. The molecule has 0 aliphatic carbocycles. The van der Waals surface area contributed by atoms with Crippen LogP contribution in [0.3, 0.4) is 0 Å². The van der Waals surface area contributed by atoms with Crippen molar-refractivity contribution in [1.29, 1.82) is 0 Å². The summed E-state index contributed by atoms with van der Waals surface area (Å²) in [5.74, 6) is 1.24. The average molecular weight is 334 g/mol. The quantitative estimate of drug-likeness (QED) is 0.472. The van der Waals surface area contributed by atoms with Crippen LogP contribution in [0, 0.1) is 6.92 Å². The van der Waals surface area contributed by atoms with E-state index < -0.39 is 5.97 Å². The summed E-state index contributed by atoms with van der Waals surface area (Å²) >= 11 is 0. The first-order chi connectivity index (χ1) is 12.0. The van der Waals surface area contributed by atoms with Crippen molar-refractivity contribution in [1.82, 2.24) is 0 Å². The van der Waals surface area contributed by atoms with Crippen LogP contribution in [0.5, 0.6) is 11.5 Å². The minimum Gasteiger partial charge on any atom is -0.482 e. The van der Waals surface area contributed by atoms with E-state index in [-0.39, 0.29) is 6.61 Å². The number of hydrogen-bond donors (Lipinski definition) is 0. The van der Waals surface area contributed by atoms with Gasteiger partial charge in [0, 0.05) is 0 Å². The van der Waals surface area contributed by atoms with Gasteiger partial charge in [-0.15, -0.1) is 0 Å².